The van der Waals surface area contributed by atoms with Gasteiger partial charge in [-0.2, -0.15) is 0 Å². The normalized spacial score (nSPS) is 13.9. The van der Waals surface area contributed by atoms with Gasteiger partial charge >= 0.3 is 0 Å². The summed E-state index contributed by atoms with van der Waals surface area (Å²) in [5, 5.41) is 12.7. The molecule has 100 valence electrons. The van der Waals surface area contributed by atoms with E-state index in [4.69, 9.17) is 10.5 Å². The van der Waals surface area contributed by atoms with Crippen LogP contribution in [0, 0.1) is 0 Å². The van der Waals surface area contributed by atoms with Gasteiger partial charge in [0.15, 0.2) is 11.5 Å². The fourth-order valence-corrected chi connectivity index (χ4v) is 1.70. The minimum absolute atomic E-state index is 0.0311. The van der Waals surface area contributed by atoms with Gasteiger partial charge in [0.2, 0.25) is 5.91 Å². The van der Waals surface area contributed by atoms with Crippen LogP contribution in [-0.4, -0.2) is 24.7 Å². The Balaban J connectivity index is 3.17. The van der Waals surface area contributed by atoms with Crippen molar-refractivity contribution in [3.63, 3.8) is 0 Å². The van der Waals surface area contributed by atoms with Crippen molar-refractivity contribution in [2.45, 2.75) is 25.8 Å². The van der Waals surface area contributed by atoms with E-state index in [-0.39, 0.29) is 5.75 Å². The molecular formula is C13H20N2O3. The minimum atomic E-state index is -0.975. The molecule has 0 saturated carbocycles. The Morgan fingerprint density at radius 3 is 2.72 bits per heavy atom. The Morgan fingerprint density at radius 2 is 2.22 bits per heavy atom. The summed E-state index contributed by atoms with van der Waals surface area (Å²) in [5.41, 5.74) is 5.16. The largest absolute Gasteiger partial charge is 0.504 e. The minimum Gasteiger partial charge on any atom is -0.504 e. The second-order valence-electron chi connectivity index (χ2n) is 4.30. The predicted molar refractivity (Wildman–Crippen MR) is 69.5 cm³/mol. The number of primary amides is 1. The van der Waals surface area contributed by atoms with Crippen LogP contribution in [0.2, 0.25) is 0 Å². The maximum absolute atomic E-state index is 11.7. The molecule has 5 nitrogen and oxygen atoms in total. The predicted octanol–water partition coefficient (Wildman–Crippen LogP) is 1.10. The quantitative estimate of drug-likeness (QED) is 0.708. The van der Waals surface area contributed by atoms with Gasteiger partial charge in [-0.25, -0.2) is 0 Å². The second-order valence-corrected chi connectivity index (χ2v) is 4.30. The van der Waals surface area contributed by atoms with E-state index in [1.54, 1.807) is 19.1 Å². The van der Waals surface area contributed by atoms with Crippen molar-refractivity contribution in [1.29, 1.82) is 0 Å². The molecule has 0 fully saturated rings. The molecule has 4 N–H and O–H groups in total. The molecule has 0 bridgehead atoms. The summed E-state index contributed by atoms with van der Waals surface area (Å²) in [7, 11) is 1.46. The number of amides is 1. The van der Waals surface area contributed by atoms with E-state index in [1.165, 1.54) is 13.2 Å². The molecule has 5 heteroatoms. The second kappa shape index (κ2) is 5.73. The van der Waals surface area contributed by atoms with Gasteiger partial charge in [-0.15, -0.1) is 0 Å². The van der Waals surface area contributed by atoms with E-state index in [0.717, 1.165) is 6.42 Å². The zero-order chi connectivity index (χ0) is 13.8. The lowest BCUT2D eigenvalue weighted by Gasteiger charge is -2.28. The molecule has 0 saturated heterocycles. The zero-order valence-corrected chi connectivity index (χ0v) is 11.0. The molecule has 0 aromatic heterocycles. The van der Waals surface area contributed by atoms with Crippen molar-refractivity contribution < 1.29 is 14.6 Å². The highest BCUT2D eigenvalue weighted by Gasteiger charge is 2.33. The molecule has 0 aliphatic carbocycles. The fraction of sp³-hybridized carbons (Fsp3) is 0.462. The van der Waals surface area contributed by atoms with Gasteiger partial charge in [-0.1, -0.05) is 13.0 Å². The summed E-state index contributed by atoms with van der Waals surface area (Å²) in [6.07, 6.45) is 0.887. The molecular weight excluding hydrogens is 232 g/mol. The van der Waals surface area contributed by atoms with Gasteiger partial charge in [0, 0.05) is 0 Å². The molecule has 0 spiro atoms. The summed E-state index contributed by atoms with van der Waals surface area (Å²) < 4.78 is 5.04. The van der Waals surface area contributed by atoms with Crippen molar-refractivity contribution in [1.82, 2.24) is 5.32 Å². The van der Waals surface area contributed by atoms with Crippen molar-refractivity contribution in [3.05, 3.63) is 23.8 Å². The molecule has 1 rings (SSSR count). The number of nitrogens with two attached hydrogens (primary N) is 1. The van der Waals surface area contributed by atoms with Crippen LogP contribution < -0.4 is 15.8 Å². The number of phenols is 1. The number of rotatable bonds is 6. The van der Waals surface area contributed by atoms with Gasteiger partial charge < -0.3 is 15.6 Å². The van der Waals surface area contributed by atoms with Gasteiger partial charge in [0.05, 0.1) is 7.11 Å². The highest BCUT2D eigenvalue weighted by molar-refractivity contribution is 5.86. The third-order valence-electron chi connectivity index (χ3n) is 2.98. The number of aromatic hydroxyl groups is 1. The maximum atomic E-state index is 11.7. The molecule has 18 heavy (non-hydrogen) atoms. The maximum Gasteiger partial charge on any atom is 0.242 e. The van der Waals surface area contributed by atoms with Crippen LogP contribution in [0.4, 0.5) is 0 Å². The first-order chi connectivity index (χ1) is 8.45. The lowest BCUT2D eigenvalue weighted by molar-refractivity contribution is -0.124. The molecule has 0 aliphatic heterocycles. The molecule has 1 aromatic carbocycles. The third-order valence-corrected chi connectivity index (χ3v) is 2.98. The van der Waals surface area contributed by atoms with Crippen LogP contribution in [0.25, 0.3) is 0 Å². The molecule has 1 atom stereocenters. The number of hydrogen-bond donors (Lipinski definition) is 3. The van der Waals surface area contributed by atoms with Crippen molar-refractivity contribution >= 4 is 5.91 Å². The van der Waals surface area contributed by atoms with Crippen LogP contribution in [0.1, 0.15) is 25.8 Å². The monoisotopic (exact) mass is 252 g/mol. The van der Waals surface area contributed by atoms with E-state index in [0.29, 0.717) is 17.9 Å². The van der Waals surface area contributed by atoms with E-state index in [2.05, 4.69) is 5.32 Å². The standard InChI is InChI=1S/C13H20N2O3/c1-4-7-15-13(2,12(14)17)9-5-6-10(16)11(8-9)18-3/h5-6,8,15-16H,4,7H2,1-3H3,(H2,14,17). The molecule has 1 amide bonds. The topological polar surface area (TPSA) is 84.6 Å². The Hall–Kier alpha value is -1.75. The number of methoxy groups -OCH3 is 1. The number of hydrogen-bond acceptors (Lipinski definition) is 4. The number of nitrogens with one attached hydrogen (secondary N) is 1. The van der Waals surface area contributed by atoms with Crippen LogP contribution in [0.3, 0.4) is 0 Å². The van der Waals surface area contributed by atoms with Crippen LogP contribution >= 0.6 is 0 Å². The van der Waals surface area contributed by atoms with Crippen molar-refractivity contribution in [2.75, 3.05) is 13.7 Å². The SMILES string of the molecule is CCCNC(C)(C(N)=O)c1ccc(O)c(OC)c1. The summed E-state index contributed by atoms with van der Waals surface area (Å²) in [4.78, 5) is 11.7. The Bertz CT molecular complexity index is 434. The molecule has 0 radical (unpaired) electrons. The Labute approximate surface area is 107 Å². The zero-order valence-electron chi connectivity index (χ0n) is 11.0. The van der Waals surface area contributed by atoms with Crippen molar-refractivity contribution in [3.8, 4) is 11.5 Å². The number of phenolic OH excluding ortho intramolecular Hbond substituents is 1. The average molecular weight is 252 g/mol. The van der Waals surface area contributed by atoms with E-state index in [1.807, 2.05) is 6.92 Å². The van der Waals surface area contributed by atoms with Crippen LogP contribution in [0.5, 0.6) is 11.5 Å². The number of carbonyl (C=O) groups is 1. The molecule has 0 heterocycles. The molecule has 1 unspecified atom stereocenters. The van der Waals surface area contributed by atoms with Crippen molar-refractivity contribution in [2.24, 2.45) is 5.73 Å². The molecule has 1 aromatic rings. The highest BCUT2D eigenvalue weighted by atomic mass is 16.5. The lowest BCUT2D eigenvalue weighted by atomic mass is 9.90. The van der Waals surface area contributed by atoms with Gasteiger partial charge in [0.1, 0.15) is 5.54 Å². The van der Waals surface area contributed by atoms with E-state index < -0.39 is 11.4 Å². The first-order valence-electron chi connectivity index (χ1n) is 5.88. The number of carbonyl (C=O) groups excluding carboxylic acids is 1. The van der Waals surface area contributed by atoms with Gasteiger partial charge in [0.25, 0.3) is 0 Å². The lowest BCUT2D eigenvalue weighted by Crippen LogP contribution is -2.50. The van der Waals surface area contributed by atoms with Crippen LogP contribution in [0.15, 0.2) is 18.2 Å². The van der Waals surface area contributed by atoms with E-state index in [9.17, 15) is 9.90 Å². The van der Waals surface area contributed by atoms with Gasteiger partial charge in [-0.3, -0.25) is 10.1 Å². The summed E-state index contributed by atoms with van der Waals surface area (Å²) in [6, 6.07) is 4.76. The highest BCUT2D eigenvalue weighted by Crippen LogP contribution is 2.31. The third kappa shape index (κ3) is 2.73. The van der Waals surface area contributed by atoms with E-state index >= 15 is 0 Å². The number of benzene rings is 1. The smallest absolute Gasteiger partial charge is 0.242 e. The number of ether oxygens (including phenoxy) is 1. The first kappa shape index (κ1) is 14.3. The summed E-state index contributed by atoms with van der Waals surface area (Å²) >= 11 is 0. The summed E-state index contributed by atoms with van der Waals surface area (Å²) in [6.45, 7) is 4.39. The molecule has 0 aliphatic rings. The Kier molecular flexibility index (Phi) is 4.55. The Morgan fingerprint density at radius 1 is 1.56 bits per heavy atom. The average Bonchev–Trinajstić information content (AvgIpc) is 2.36. The summed E-state index contributed by atoms with van der Waals surface area (Å²) in [5.74, 6) is -0.120. The first-order valence-corrected chi connectivity index (χ1v) is 5.88. The fourth-order valence-electron chi connectivity index (χ4n) is 1.70. The van der Waals surface area contributed by atoms with Gasteiger partial charge in [-0.05, 0) is 37.6 Å². The van der Waals surface area contributed by atoms with Crippen LogP contribution in [-0.2, 0) is 10.3 Å².